The van der Waals surface area contributed by atoms with Gasteiger partial charge in [0.1, 0.15) is 17.4 Å². The summed E-state index contributed by atoms with van der Waals surface area (Å²) in [6, 6.07) is 18.3. The molecule has 0 unspecified atom stereocenters. The predicted octanol–water partition coefficient (Wildman–Crippen LogP) is 5.66. The summed E-state index contributed by atoms with van der Waals surface area (Å²) >= 11 is 1.25. The van der Waals surface area contributed by atoms with Crippen LogP contribution in [-0.2, 0) is 11.2 Å². The van der Waals surface area contributed by atoms with Crippen LogP contribution in [0.25, 0.3) is 11.8 Å². The average Bonchev–Trinajstić information content (AvgIpc) is 3.40. The maximum absolute atomic E-state index is 12.9. The summed E-state index contributed by atoms with van der Waals surface area (Å²) in [6.07, 6.45) is 2.73. The van der Waals surface area contributed by atoms with Crippen LogP contribution in [0.15, 0.2) is 70.3 Å². The zero-order chi connectivity index (χ0) is 25.4. The van der Waals surface area contributed by atoms with E-state index in [1.54, 1.807) is 6.08 Å². The fourth-order valence-corrected chi connectivity index (χ4v) is 5.11. The van der Waals surface area contributed by atoms with E-state index in [2.05, 4.69) is 45.9 Å². The zero-order valence-electron chi connectivity index (χ0n) is 20.7. The number of benzene rings is 2. The SMILES string of the molecule is CCc1ccc(-n2c(C)cc(/C=C3\C(=N)N4N=C(COc5cccc(C)c5)SC4=NC3=O)c2C)cc1. The molecule has 2 aliphatic rings. The van der Waals surface area contributed by atoms with Crippen molar-refractivity contribution < 1.29 is 9.53 Å². The molecule has 1 aromatic heterocycles. The van der Waals surface area contributed by atoms with Gasteiger partial charge in [-0.3, -0.25) is 10.2 Å². The maximum Gasteiger partial charge on any atom is 0.283 e. The largest absolute Gasteiger partial charge is 0.487 e. The lowest BCUT2D eigenvalue weighted by Gasteiger charge is -2.20. The van der Waals surface area contributed by atoms with Gasteiger partial charge in [-0.2, -0.15) is 15.1 Å². The number of fused-ring (bicyclic) bond motifs is 1. The van der Waals surface area contributed by atoms with Gasteiger partial charge in [0.05, 0.1) is 5.57 Å². The van der Waals surface area contributed by atoms with Crippen molar-refractivity contribution in [3.63, 3.8) is 0 Å². The molecule has 0 saturated carbocycles. The fraction of sp³-hybridized carbons (Fsp3) is 0.214. The maximum atomic E-state index is 12.9. The molecule has 8 heteroatoms. The Balaban J connectivity index is 1.39. The second-order valence-corrected chi connectivity index (χ2v) is 9.84. The van der Waals surface area contributed by atoms with E-state index in [0.717, 1.165) is 40.4 Å². The van der Waals surface area contributed by atoms with Crippen molar-refractivity contribution in [3.05, 3.63) is 88.2 Å². The van der Waals surface area contributed by atoms with Crippen molar-refractivity contribution in [1.29, 1.82) is 5.41 Å². The molecule has 2 aliphatic heterocycles. The van der Waals surface area contributed by atoms with Crippen molar-refractivity contribution in [1.82, 2.24) is 9.58 Å². The van der Waals surface area contributed by atoms with E-state index in [1.807, 2.05) is 51.1 Å². The van der Waals surface area contributed by atoms with Gasteiger partial charge < -0.3 is 9.30 Å². The smallest absolute Gasteiger partial charge is 0.283 e. The van der Waals surface area contributed by atoms with Crippen LogP contribution in [-0.4, -0.2) is 38.1 Å². The van der Waals surface area contributed by atoms with Gasteiger partial charge in [-0.25, -0.2) is 0 Å². The Morgan fingerprint density at radius 1 is 1.08 bits per heavy atom. The van der Waals surface area contributed by atoms with Gasteiger partial charge in [-0.1, -0.05) is 31.2 Å². The predicted molar refractivity (Wildman–Crippen MR) is 146 cm³/mol. The third-order valence-electron chi connectivity index (χ3n) is 6.22. The minimum Gasteiger partial charge on any atom is -0.487 e. The topological polar surface area (TPSA) is 83.0 Å². The number of amides is 1. The number of aromatic nitrogens is 1. The second-order valence-electron chi connectivity index (χ2n) is 8.80. The van der Waals surface area contributed by atoms with E-state index in [9.17, 15) is 4.79 Å². The van der Waals surface area contributed by atoms with Gasteiger partial charge in [-0.05, 0) is 92.1 Å². The third-order valence-corrected chi connectivity index (χ3v) is 7.10. The minimum absolute atomic E-state index is 0.0140. The number of nitrogens with one attached hydrogen (secondary N) is 1. The molecule has 0 radical (unpaired) electrons. The minimum atomic E-state index is -0.438. The van der Waals surface area contributed by atoms with Crippen molar-refractivity contribution in [2.45, 2.75) is 34.1 Å². The Kier molecular flexibility index (Phi) is 6.36. The van der Waals surface area contributed by atoms with E-state index in [0.29, 0.717) is 10.2 Å². The van der Waals surface area contributed by atoms with Crippen LogP contribution in [0.2, 0.25) is 0 Å². The van der Waals surface area contributed by atoms with Crippen LogP contribution in [0.4, 0.5) is 0 Å². The summed E-state index contributed by atoms with van der Waals surface area (Å²) < 4.78 is 8.00. The van der Waals surface area contributed by atoms with E-state index in [1.165, 1.54) is 22.3 Å². The van der Waals surface area contributed by atoms with Crippen LogP contribution < -0.4 is 4.74 Å². The third kappa shape index (κ3) is 4.52. The Bertz CT molecular complexity index is 1460. The lowest BCUT2D eigenvalue weighted by atomic mass is 10.1. The first-order chi connectivity index (χ1) is 17.3. The highest BCUT2D eigenvalue weighted by Gasteiger charge is 2.36. The molecule has 7 nitrogen and oxygen atoms in total. The number of carbonyl (C=O) groups is 1. The molecule has 36 heavy (non-hydrogen) atoms. The van der Waals surface area contributed by atoms with Crippen molar-refractivity contribution >= 4 is 39.8 Å². The van der Waals surface area contributed by atoms with E-state index in [4.69, 9.17) is 10.1 Å². The van der Waals surface area contributed by atoms with Crippen LogP contribution in [0.3, 0.4) is 0 Å². The first-order valence-corrected chi connectivity index (χ1v) is 12.6. The monoisotopic (exact) mass is 497 g/mol. The van der Waals surface area contributed by atoms with Crippen LogP contribution in [0, 0.1) is 26.2 Å². The Morgan fingerprint density at radius 3 is 2.58 bits per heavy atom. The van der Waals surface area contributed by atoms with Gasteiger partial charge in [0.2, 0.25) is 5.17 Å². The summed E-state index contributed by atoms with van der Waals surface area (Å²) in [4.78, 5) is 17.1. The van der Waals surface area contributed by atoms with Crippen molar-refractivity contribution in [2.24, 2.45) is 10.1 Å². The fourth-order valence-electron chi connectivity index (χ4n) is 4.31. The number of nitrogens with zero attached hydrogens (tertiary/aromatic N) is 4. The number of carbonyl (C=O) groups excluding carboxylic acids is 1. The standard InChI is InChI=1S/C28H27N5O2S/c1-5-20-9-11-22(12-10-20)32-18(3)14-21(19(32)4)15-24-26(29)33-28(30-27(24)34)36-25(31-33)16-35-23-8-6-7-17(2)13-23/h6-15,29H,5,16H2,1-4H3/b24-15+,29-26?. The van der Waals surface area contributed by atoms with E-state index >= 15 is 0 Å². The van der Waals surface area contributed by atoms with Gasteiger partial charge in [0.25, 0.3) is 5.91 Å². The summed E-state index contributed by atoms with van der Waals surface area (Å²) in [5.41, 5.74) is 6.58. The number of hydrogen-bond donors (Lipinski definition) is 1. The number of hydrogen-bond acceptors (Lipinski definition) is 5. The van der Waals surface area contributed by atoms with Gasteiger partial charge in [0, 0.05) is 17.1 Å². The first kappa shape index (κ1) is 23.8. The number of hydrazone groups is 1. The lowest BCUT2D eigenvalue weighted by molar-refractivity contribution is -0.114. The van der Waals surface area contributed by atoms with E-state index < -0.39 is 5.91 Å². The van der Waals surface area contributed by atoms with Gasteiger partial charge in [-0.15, -0.1) is 0 Å². The first-order valence-electron chi connectivity index (χ1n) is 11.8. The summed E-state index contributed by atoms with van der Waals surface area (Å²) in [5.74, 6) is 0.323. The lowest BCUT2D eigenvalue weighted by Crippen LogP contribution is -2.35. The summed E-state index contributed by atoms with van der Waals surface area (Å²) in [7, 11) is 0. The number of aliphatic imine (C=N–C) groups is 1. The molecule has 0 fully saturated rings. The molecule has 0 saturated heterocycles. The molecule has 1 amide bonds. The molecular formula is C28H27N5O2S. The molecule has 0 bridgehead atoms. The summed E-state index contributed by atoms with van der Waals surface area (Å²) in [5, 5.41) is 15.6. The Morgan fingerprint density at radius 2 is 1.86 bits per heavy atom. The number of rotatable bonds is 6. The highest BCUT2D eigenvalue weighted by Crippen LogP contribution is 2.30. The van der Waals surface area contributed by atoms with Crippen molar-refractivity contribution in [2.75, 3.05) is 6.61 Å². The molecule has 0 atom stereocenters. The normalized spacial score (nSPS) is 16.3. The number of aryl methyl sites for hydroxylation is 3. The highest BCUT2D eigenvalue weighted by atomic mass is 32.2. The number of thioether (sulfide) groups is 1. The Hall–Kier alpha value is -3.91. The molecule has 3 aromatic rings. The van der Waals surface area contributed by atoms with Crippen LogP contribution in [0.1, 0.15) is 35.0 Å². The van der Waals surface area contributed by atoms with Gasteiger partial charge in [0.15, 0.2) is 5.84 Å². The van der Waals surface area contributed by atoms with Gasteiger partial charge >= 0.3 is 0 Å². The molecule has 2 aromatic carbocycles. The van der Waals surface area contributed by atoms with Crippen LogP contribution in [0.5, 0.6) is 5.75 Å². The molecular weight excluding hydrogens is 470 g/mol. The van der Waals surface area contributed by atoms with E-state index in [-0.39, 0.29) is 18.0 Å². The molecule has 0 aliphatic carbocycles. The molecule has 3 heterocycles. The Labute approximate surface area is 214 Å². The molecule has 0 spiro atoms. The number of ether oxygens (including phenoxy) is 1. The van der Waals surface area contributed by atoms with Crippen LogP contribution >= 0.6 is 11.8 Å². The van der Waals surface area contributed by atoms with Crippen molar-refractivity contribution in [3.8, 4) is 11.4 Å². The zero-order valence-corrected chi connectivity index (χ0v) is 21.5. The average molecular weight is 498 g/mol. The highest BCUT2D eigenvalue weighted by molar-refractivity contribution is 8.27. The number of amidine groups is 2. The quantitative estimate of drug-likeness (QED) is 0.445. The molecule has 182 valence electrons. The molecule has 1 N–H and O–H groups in total. The molecule has 5 rings (SSSR count). The second kappa shape index (κ2) is 9.62. The summed E-state index contributed by atoms with van der Waals surface area (Å²) in [6.45, 7) is 8.43.